The third kappa shape index (κ3) is 2.46. The molecule has 1 aliphatic rings. The maximum atomic E-state index is 4.61. The molecule has 6 heteroatoms. The Bertz CT molecular complexity index is 421. The van der Waals surface area contributed by atoms with Gasteiger partial charge in [0.1, 0.15) is 10.3 Å². The summed E-state index contributed by atoms with van der Waals surface area (Å²) in [7, 11) is 0. The van der Waals surface area contributed by atoms with Crippen molar-refractivity contribution in [3.8, 4) is 0 Å². The maximum Gasteiger partial charge on any atom is 0.143 e. The molecule has 3 rings (SSSR count). The van der Waals surface area contributed by atoms with Crippen LogP contribution in [0.5, 0.6) is 0 Å². The second-order valence-corrected chi connectivity index (χ2v) is 4.58. The summed E-state index contributed by atoms with van der Waals surface area (Å²) in [6, 6.07) is 3.98. The van der Waals surface area contributed by atoms with Gasteiger partial charge in [-0.2, -0.15) is 0 Å². The molecule has 1 saturated heterocycles. The number of halogens is 2. The molecule has 0 aromatic carbocycles. The average Bonchev–Trinajstić information content (AvgIpc) is 2.86. The standard InChI is InChI=1S/C10H11N3S.2ClH/c1-2-8-10(12-4-1)14-9(13-8)7-3-5-11-6-7;;/h1-2,4,7,11H,3,5-6H2;2*1H. The fourth-order valence-corrected chi connectivity index (χ4v) is 2.87. The second kappa shape index (κ2) is 5.77. The zero-order valence-corrected chi connectivity index (χ0v) is 11.0. The molecule has 88 valence electrons. The highest BCUT2D eigenvalue weighted by atomic mass is 35.5. The van der Waals surface area contributed by atoms with Crippen LogP contribution in [0.3, 0.4) is 0 Å². The highest BCUT2D eigenvalue weighted by molar-refractivity contribution is 7.18. The largest absolute Gasteiger partial charge is 0.316 e. The molecule has 0 bridgehead atoms. The first-order chi connectivity index (χ1) is 6.93. The second-order valence-electron chi connectivity index (χ2n) is 3.57. The van der Waals surface area contributed by atoms with Gasteiger partial charge in [-0.1, -0.05) is 11.3 Å². The zero-order chi connectivity index (χ0) is 9.38. The van der Waals surface area contributed by atoms with Gasteiger partial charge in [0.25, 0.3) is 0 Å². The summed E-state index contributed by atoms with van der Waals surface area (Å²) in [4.78, 5) is 9.98. The molecule has 1 unspecified atom stereocenters. The summed E-state index contributed by atoms with van der Waals surface area (Å²) < 4.78 is 0. The third-order valence-electron chi connectivity index (χ3n) is 2.59. The van der Waals surface area contributed by atoms with Crippen LogP contribution in [0.2, 0.25) is 0 Å². The van der Waals surface area contributed by atoms with Crippen LogP contribution in [0.4, 0.5) is 0 Å². The minimum atomic E-state index is 0. The van der Waals surface area contributed by atoms with E-state index in [0.717, 1.165) is 23.4 Å². The summed E-state index contributed by atoms with van der Waals surface area (Å²) in [5.74, 6) is 0.606. The van der Waals surface area contributed by atoms with Crippen LogP contribution in [0, 0.1) is 0 Å². The van der Waals surface area contributed by atoms with E-state index in [1.54, 1.807) is 11.3 Å². The minimum Gasteiger partial charge on any atom is -0.316 e. The summed E-state index contributed by atoms with van der Waals surface area (Å²) in [5.41, 5.74) is 1.04. The number of aromatic nitrogens is 2. The molecule has 0 saturated carbocycles. The summed E-state index contributed by atoms with van der Waals surface area (Å²) in [5, 5.41) is 4.60. The number of hydrogen-bond donors (Lipinski definition) is 1. The monoisotopic (exact) mass is 277 g/mol. The maximum absolute atomic E-state index is 4.61. The number of thiazole rings is 1. The molecule has 1 fully saturated rings. The lowest BCUT2D eigenvalue weighted by molar-refractivity contribution is 0.758. The summed E-state index contributed by atoms with van der Waals surface area (Å²) in [6.45, 7) is 2.19. The zero-order valence-electron chi connectivity index (χ0n) is 8.55. The lowest BCUT2D eigenvalue weighted by Gasteiger charge is -2.00. The lowest BCUT2D eigenvalue weighted by Crippen LogP contribution is -2.07. The van der Waals surface area contributed by atoms with Gasteiger partial charge in [-0.05, 0) is 25.1 Å². The molecule has 0 aliphatic carbocycles. The van der Waals surface area contributed by atoms with E-state index in [4.69, 9.17) is 0 Å². The van der Waals surface area contributed by atoms with E-state index in [-0.39, 0.29) is 24.8 Å². The van der Waals surface area contributed by atoms with Gasteiger partial charge < -0.3 is 5.32 Å². The normalized spacial score (nSPS) is 19.1. The van der Waals surface area contributed by atoms with Gasteiger partial charge in [-0.15, -0.1) is 24.8 Å². The number of rotatable bonds is 1. The van der Waals surface area contributed by atoms with E-state index in [0.29, 0.717) is 5.92 Å². The molecule has 0 spiro atoms. The molecule has 1 aliphatic heterocycles. The first-order valence-electron chi connectivity index (χ1n) is 4.85. The van der Waals surface area contributed by atoms with Gasteiger partial charge in [0.2, 0.25) is 0 Å². The van der Waals surface area contributed by atoms with E-state index < -0.39 is 0 Å². The van der Waals surface area contributed by atoms with Gasteiger partial charge in [0.05, 0.1) is 5.01 Å². The summed E-state index contributed by atoms with van der Waals surface area (Å²) in [6.07, 6.45) is 3.04. The van der Waals surface area contributed by atoms with Crippen LogP contribution in [0.25, 0.3) is 10.3 Å². The van der Waals surface area contributed by atoms with Crippen LogP contribution in [0.15, 0.2) is 18.3 Å². The molecule has 1 N–H and O–H groups in total. The molecule has 16 heavy (non-hydrogen) atoms. The predicted octanol–water partition coefficient (Wildman–Crippen LogP) is 2.61. The molecule has 1 atom stereocenters. The van der Waals surface area contributed by atoms with Gasteiger partial charge in [0.15, 0.2) is 0 Å². The van der Waals surface area contributed by atoms with E-state index in [1.807, 2.05) is 18.3 Å². The molecule has 0 radical (unpaired) electrons. The molecule has 2 aromatic heterocycles. The van der Waals surface area contributed by atoms with Crippen molar-refractivity contribution in [3.63, 3.8) is 0 Å². The van der Waals surface area contributed by atoms with Crippen LogP contribution >= 0.6 is 36.2 Å². The van der Waals surface area contributed by atoms with E-state index >= 15 is 0 Å². The molecule has 2 aromatic rings. The number of fused-ring (bicyclic) bond motifs is 1. The molecule has 3 heterocycles. The van der Waals surface area contributed by atoms with Crippen molar-refractivity contribution in [2.45, 2.75) is 12.3 Å². The molecule has 0 amide bonds. The van der Waals surface area contributed by atoms with Crippen molar-refractivity contribution >= 4 is 46.5 Å². The Morgan fingerprint density at radius 2 is 2.25 bits per heavy atom. The van der Waals surface area contributed by atoms with Crippen LogP contribution in [0.1, 0.15) is 17.3 Å². The van der Waals surface area contributed by atoms with E-state index in [1.165, 1.54) is 11.4 Å². The fourth-order valence-electron chi connectivity index (χ4n) is 1.83. The SMILES string of the molecule is Cl.Cl.c1cnc2sc(C3CCNC3)nc2c1. The first-order valence-corrected chi connectivity index (χ1v) is 5.67. The quantitative estimate of drug-likeness (QED) is 0.871. The Labute approximate surface area is 111 Å². The van der Waals surface area contributed by atoms with Crippen molar-refractivity contribution in [3.05, 3.63) is 23.3 Å². The average molecular weight is 278 g/mol. The van der Waals surface area contributed by atoms with Crippen molar-refractivity contribution in [1.82, 2.24) is 15.3 Å². The Hall–Kier alpha value is -0.420. The van der Waals surface area contributed by atoms with Crippen molar-refractivity contribution in [1.29, 1.82) is 0 Å². The molecule has 3 nitrogen and oxygen atoms in total. The fraction of sp³-hybridized carbons (Fsp3) is 0.400. The number of nitrogens with zero attached hydrogens (tertiary/aromatic N) is 2. The van der Waals surface area contributed by atoms with Crippen LogP contribution < -0.4 is 5.32 Å². The van der Waals surface area contributed by atoms with Crippen LogP contribution in [-0.4, -0.2) is 23.1 Å². The third-order valence-corrected chi connectivity index (χ3v) is 3.73. The number of nitrogens with one attached hydrogen (secondary N) is 1. The molecular formula is C10H13Cl2N3S. The van der Waals surface area contributed by atoms with E-state index in [2.05, 4.69) is 15.3 Å². The Morgan fingerprint density at radius 3 is 2.94 bits per heavy atom. The Morgan fingerprint density at radius 1 is 1.38 bits per heavy atom. The highest BCUT2D eigenvalue weighted by Gasteiger charge is 2.20. The smallest absolute Gasteiger partial charge is 0.143 e. The highest BCUT2D eigenvalue weighted by Crippen LogP contribution is 2.29. The number of pyridine rings is 1. The van der Waals surface area contributed by atoms with Gasteiger partial charge in [0, 0.05) is 18.7 Å². The predicted molar refractivity (Wildman–Crippen MR) is 72.1 cm³/mol. The van der Waals surface area contributed by atoms with Gasteiger partial charge >= 0.3 is 0 Å². The topological polar surface area (TPSA) is 37.8 Å². The lowest BCUT2D eigenvalue weighted by atomic mass is 10.1. The Balaban J connectivity index is 0.000000640. The van der Waals surface area contributed by atoms with E-state index in [9.17, 15) is 0 Å². The van der Waals surface area contributed by atoms with Crippen molar-refractivity contribution in [2.75, 3.05) is 13.1 Å². The first kappa shape index (κ1) is 13.6. The molecular weight excluding hydrogens is 265 g/mol. The van der Waals surface area contributed by atoms with Crippen molar-refractivity contribution < 1.29 is 0 Å². The minimum absolute atomic E-state index is 0. The Kier molecular flexibility index (Phi) is 4.92. The number of hydrogen-bond acceptors (Lipinski definition) is 4. The van der Waals surface area contributed by atoms with Gasteiger partial charge in [-0.25, -0.2) is 9.97 Å². The van der Waals surface area contributed by atoms with Crippen LogP contribution in [-0.2, 0) is 0 Å². The van der Waals surface area contributed by atoms with Gasteiger partial charge in [-0.3, -0.25) is 0 Å². The summed E-state index contributed by atoms with van der Waals surface area (Å²) >= 11 is 1.73. The van der Waals surface area contributed by atoms with Crippen molar-refractivity contribution in [2.24, 2.45) is 0 Å².